The lowest BCUT2D eigenvalue weighted by Crippen LogP contribution is -2.19. The fraction of sp³-hybridized carbons (Fsp3) is 0.562. The number of rotatable bonds is 0. The molecule has 0 aromatic heterocycles. The summed E-state index contributed by atoms with van der Waals surface area (Å²) < 4.78 is 13.3. The number of fused-ring (bicyclic) bond motifs is 5. The normalized spacial score (nSPS) is 47.0. The van der Waals surface area contributed by atoms with Crippen LogP contribution in [0.4, 0.5) is 4.39 Å². The van der Waals surface area contributed by atoms with Gasteiger partial charge in [-0.25, -0.2) is 0 Å². The Hall–Kier alpha value is -0.980. The van der Waals surface area contributed by atoms with Gasteiger partial charge in [-0.05, 0) is 37.0 Å². The molecule has 1 heteroatoms. The summed E-state index contributed by atoms with van der Waals surface area (Å²) in [6.07, 6.45) is 14.2. The smallest absolute Gasteiger partial charge is 0.183 e. The molecule has 0 saturated heterocycles. The average molecular weight is 229 g/mol. The Morgan fingerprint density at radius 1 is 1.24 bits per heavy atom. The summed E-state index contributed by atoms with van der Waals surface area (Å²) in [5.41, 5.74) is 2.75. The highest BCUT2D eigenvalue weighted by atomic mass is 19.1. The van der Waals surface area contributed by atoms with Gasteiger partial charge in [-0.15, -0.1) is 0 Å². The minimum Gasteiger partial charge on any atom is -0.183 e. The first-order valence-corrected chi connectivity index (χ1v) is 6.94. The summed E-state index contributed by atoms with van der Waals surface area (Å²) in [5.74, 6) is 3.57. The van der Waals surface area contributed by atoms with Crippen molar-refractivity contribution in [1.82, 2.24) is 0 Å². The molecule has 4 rings (SSSR count). The van der Waals surface area contributed by atoms with E-state index in [1.165, 1.54) is 37.7 Å². The average Bonchev–Trinajstić information content (AvgIpc) is 3.01. The number of hydrogen-bond donors (Lipinski definition) is 0. The van der Waals surface area contributed by atoms with Crippen LogP contribution in [0.5, 0.6) is 0 Å². The third-order valence-corrected chi connectivity index (χ3v) is 5.43. The van der Waals surface area contributed by atoms with Crippen LogP contribution < -0.4 is 0 Å². The summed E-state index contributed by atoms with van der Waals surface area (Å²) >= 11 is 0. The van der Waals surface area contributed by atoms with Crippen LogP contribution in [0, 0.1) is 30.1 Å². The summed E-state index contributed by atoms with van der Waals surface area (Å²) in [5, 5.41) is 0. The zero-order valence-electron chi connectivity index (χ0n) is 10.0. The molecular formula is C16H18F+. The molecule has 4 aliphatic rings. The van der Waals surface area contributed by atoms with Gasteiger partial charge in [0.2, 0.25) is 5.83 Å². The van der Waals surface area contributed by atoms with Crippen LogP contribution in [0.25, 0.3) is 0 Å². The van der Waals surface area contributed by atoms with Crippen LogP contribution in [0.2, 0.25) is 0 Å². The first-order valence-electron chi connectivity index (χ1n) is 6.94. The first-order chi connectivity index (χ1) is 8.33. The van der Waals surface area contributed by atoms with Gasteiger partial charge >= 0.3 is 0 Å². The standard InChI is InChI=1S/C16H18F/c17-12-4-1-3-10(7-12)15-8-11-9-16(15)14-6-2-5-13(11)14/h1,3-4,7,11,13-14,16H,2,5-6,8-9H2/q+1/b15-10+/t11-,13-,14-,16+/m1/s1. The van der Waals surface area contributed by atoms with Gasteiger partial charge in [-0.2, -0.15) is 4.39 Å². The quantitative estimate of drug-likeness (QED) is 0.541. The Morgan fingerprint density at radius 2 is 2.12 bits per heavy atom. The highest BCUT2D eigenvalue weighted by Gasteiger charge is 2.54. The molecule has 3 fully saturated rings. The predicted octanol–water partition coefficient (Wildman–Crippen LogP) is 4.37. The van der Waals surface area contributed by atoms with Crippen LogP contribution >= 0.6 is 0 Å². The molecule has 4 aliphatic carbocycles. The lowest BCUT2D eigenvalue weighted by molar-refractivity contribution is 0.304. The van der Waals surface area contributed by atoms with Crippen molar-refractivity contribution in [2.45, 2.75) is 32.1 Å². The third-order valence-electron chi connectivity index (χ3n) is 5.43. The van der Waals surface area contributed by atoms with E-state index in [-0.39, 0.29) is 5.83 Å². The summed E-state index contributed by atoms with van der Waals surface area (Å²) in [7, 11) is 0. The fourth-order valence-electron chi connectivity index (χ4n) is 4.87. The molecule has 0 heterocycles. The van der Waals surface area contributed by atoms with Crippen LogP contribution in [0.1, 0.15) is 32.1 Å². The second-order valence-electron chi connectivity index (χ2n) is 6.10. The van der Waals surface area contributed by atoms with E-state index in [1.54, 1.807) is 17.7 Å². The predicted molar refractivity (Wildman–Crippen MR) is 66.7 cm³/mol. The molecule has 0 spiro atoms. The molecule has 4 atom stereocenters. The Morgan fingerprint density at radius 3 is 3.00 bits per heavy atom. The fourth-order valence-corrected chi connectivity index (χ4v) is 4.87. The molecule has 0 amide bonds. The van der Waals surface area contributed by atoms with Crippen LogP contribution in [-0.4, -0.2) is 0 Å². The van der Waals surface area contributed by atoms with Gasteiger partial charge in [0, 0.05) is 30.4 Å². The molecular weight excluding hydrogens is 211 g/mol. The van der Waals surface area contributed by atoms with Crippen LogP contribution in [-0.2, 0) is 0 Å². The van der Waals surface area contributed by atoms with Crippen molar-refractivity contribution in [2.75, 3.05) is 0 Å². The molecule has 0 aromatic rings. The maximum atomic E-state index is 13.3. The number of halogens is 1. The Labute approximate surface area is 102 Å². The molecule has 0 N–H and O–H groups in total. The van der Waals surface area contributed by atoms with Gasteiger partial charge in [0.05, 0.1) is 17.7 Å². The highest BCUT2D eigenvalue weighted by molar-refractivity contribution is 5.46. The van der Waals surface area contributed by atoms with E-state index in [0.29, 0.717) is 0 Å². The van der Waals surface area contributed by atoms with E-state index in [0.717, 1.165) is 23.7 Å². The summed E-state index contributed by atoms with van der Waals surface area (Å²) in [6, 6.07) is 0. The van der Waals surface area contributed by atoms with Crippen LogP contribution in [0.3, 0.4) is 0 Å². The molecule has 0 aromatic carbocycles. The van der Waals surface area contributed by atoms with Crippen molar-refractivity contribution in [3.63, 3.8) is 0 Å². The van der Waals surface area contributed by atoms with E-state index >= 15 is 0 Å². The zero-order chi connectivity index (χ0) is 11.4. The molecule has 0 nitrogen and oxygen atoms in total. The molecule has 0 radical (unpaired) electrons. The van der Waals surface area contributed by atoms with Crippen molar-refractivity contribution in [3.05, 3.63) is 41.6 Å². The minimum atomic E-state index is -0.0826. The summed E-state index contributed by atoms with van der Waals surface area (Å²) in [4.78, 5) is 0. The first kappa shape index (κ1) is 9.99. The van der Waals surface area contributed by atoms with E-state index in [4.69, 9.17) is 0 Å². The van der Waals surface area contributed by atoms with Gasteiger partial charge in [0.1, 0.15) is 0 Å². The molecule has 0 unspecified atom stereocenters. The lowest BCUT2D eigenvalue weighted by Gasteiger charge is -2.25. The third kappa shape index (κ3) is 1.38. The largest absolute Gasteiger partial charge is 0.205 e. The number of allylic oxidation sites excluding steroid dienone is 6. The summed E-state index contributed by atoms with van der Waals surface area (Å²) in [6.45, 7) is 0. The van der Waals surface area contributed by atoms with E-state index in [2.05, 4.69) is 6.42 Å². The SMILES string of the molecule is FC1=C/C(=C2\C[C@@H]3C[C@H]2[C@@H]2CCC[C@H]32)[CH+]C=C1. The van der Waals surface area contributed by atoms with E-state index in [9.17, 15) is 4.39 Å². The van der Waals surface area contributed by atoms with E-state index < -0.39 is 0 Å². The molecule has 0 aliphatic heterocycles. The Bertz CT molecular complexity index is 440. The lowest BCUT2D eigenvalue weighted by atomic mass is 9.76. The molecule has 3 saturated carbocycles. The topological polar surface area (TPSA) is 0 Å². The monoisotopic (exact) mass is 229 g/mol. The second kappa shape index (κ2) is 3.51. The van der Waals surface area contributed by atoms with Crippen molar-refractivity contribution in [1.29, 1.82) is 0 Å². The van der Waals surface area contributed by atoms with Crippen molar-refractivity contribution in [3.8, 4) is 0 Å². The van der Waals surface area contributed by atoms with Gasteiger partial charge in [0.15, 0.2) is 0 Å². The Balaban J connectivity index is 1.70. The number of hydrogen-bond acceptors (Lipinski definition) is 0. The Kier molecular flexibility index (Phi) is 2.06. The second-order valence-corrected chi connectivity index (χ2v) is 6.10. The van der Waals surface area contributed by atoms with Crippen molar-refractivity contribution in [2.24, 2.45) is 23.7 Å². The van der Waals surface area contributed by atoms with E-state index in [1.807, 2.05) is 6.08 Å². The van der Waals surface area contributed by atoms with Crippen molar-refractivity contribution < 1.29 is 4.39 Å². The minimum absolute atomic E-state index is 0.0826. The van der Waals surface area contributed by atoms with Gasteiger partial charge in [-0.3, -0.25) is 0 Å². The molecule has 88 valence electrons. The van der Waals surface area contributed by atoms with Gasteiger partial charge in [-0.1, -0.05) is 6.42 Å². The zero-order valence-corrected chi connectivity index (χ0v) is 10.0. The molecule has 2 bridgehead atoms. The maximum absolute atomic E-state index is 13.3. The van der Waals surface area contributed by atoms with Gasteiger partial charge < -0.3 is 0 Å². The van der Waals surface area contributed by atoms with Crippen molar-refractivity contribution >= 4 is 0 Å². The molecule has 17 heavy (non-hydrogen) atoms. The van der Waals surface area contributed by atoms with Gasteiger partial charge in [0.25, 0.3) is 0 Å². The maximum Gasteiger partial charge on any atom is 0.205 e. The highest BCUT2D eigenvalue weighted by Crippen LogP contribution is 2.61. The van der Waals surface area contributed by atoms with Crippen LogP contribution in [0.15, 0.2) is 35.2 Å².